The van der Waals surface area contributed by atoms with Crippen LogP contribution in [0.4, 0.5) is 17.1 Å². The van der Waals surface area contributed by atoms with Crippen LogP contribution in [0.2, 0.25) is 5.02 Å². The number of carbonyl (C=O) groups is 2. The van der Waals surface area contributed by atoms with Crippen LogP contribution in [0.5, 0.6) is 0 Å². The minimum absolute atomic E-state index is 0.244. The molecule has 142 valence electrons. The molecule has 0 aliphatic heterocycles. The van der Waals surface area contributed by atoms with E-state index in [2.05, 4.69) is 15.6 Å². The highest BCUT2D eigenvalue weighted by atomic mass is 35.5. The monoisotopic (exact) mass is 395 g/mol. The van der Waals surface area contributed by atoms with E-state index >= 15 is 0 Å². The fourth-order valence-electron chi connectivity index (χ4n) is 2.57. The number of rotatable bonds is 5. The highest BCUT2D eigenvalue weighted by Gasteiger charge is 2.12. The number of amides is 1. The SMILES string of the molecule is COC(=O)c1cccc(Nc2ccnc(C(=O)Nc3cccc(Cl)c3C)c2)c1. The molecule has 0 saturated heterocycles. The molecule has 7 heteroatoms. The van der Waals surface area contributed by atoms with Crippen molar-refractivity contribution in [1.82, 2.24) is 4.98 Å². The number of aromatic nitrogens is 1. The second-order valence-corrected chi connectivity index (χ2v) is 6.40. The summed E-state index contributed by atoms with van der Waals surface area (Å²) in [6, 6.07) is 15.5. The minimum Gasteiger partial charge on any atom is -0.465 e. The molecule has 3 rings (SSSR count). The van der Waals surface area contributed by atoms with E-state index in [4.69, 9.17) is 16.3 Å². The Morgan fingerprint density at radius 2 is 1.79 bits per heavy atom. The number of benzene rings is 2. The first kappa shape index (κ1) is 19.4. The van der Waals surface area contributed by atoms with Gasteiger partial charge in [-0.05, 0) is 55.0 Å². The molecule has 28 heavy (non-hydrogen) atoms. The van der Waals surface area contributed by atoms with Crippen LogP contribution in [0.15, 0.2) is 60.8 Å². The summed E-state index contributed by atoms with van der Waals surface area (Å²) in [5, 5.41) is 6.54. The predicted octanol–water partition coefficient (Wildman–Crippen LogP) is 4.83. The number of anilines is 3. The normalized spacial score (nSPS) is 10.2. The van der Waals surface area contributed by atoms with E-state index in [1.54, 1.807) is 48.5 Å². The van der Waals surface area contributed by atoms with E-state index in [0.29, 0.717) is 27.6 Å². The van der Waals surface area contributed by atoms with Gasteiger partial charge in [0.2, 0.25) is 0 Å². The molecular weight excluding hydrogens is 378 g/mol. The van der Waals surface area contributed by atoms with Crippen LogP contribution in [-0.4, -0.2) is 24.0 Å². The van der Waals surface area contributed by atoms with Gasteiger partial charge in [0, 0.05) is 28.3 Å². The third-order valence-corrected chi connectivity index (χ3v) is 4.49. The smallest absolute Gasteiger partial charge is 0.337 e. The van der Waals surface area contributed by atoms with E-state index in [1.807, 2.05) is 13.0 Å². The van der Waals surface area contributed by atoms with Crippen molar-refractivity contribution in [2.75, 3.05) is 17.7 Å². The summed E-state index contributed by atoms with van der Waals surface area (Å²) in [5.41, 5.74) is 3.43. The zero-order valence-electron chi connectivity index (χ0n) is 15.3. The second kappa shape index (κ2) is 8.54. The van der Waals surface area contributed by atoms with Gasteiger partial charge in [0.1, 0.15) is 5.69 Å². The molecule has 3 aromatic rings. The Morgan fingerprint density at radius 3 is 2.57 bits per heavy atom. The number of ether oxygens (including phenoxy) is 1. The fourth-order valence-corrected chi connectivity index (χ4v) is 2.74. The number of hydrogen-bond donors (Lipinski definition) is 2. The standard InChI is InChI=1S/C21H18ClN3O3/c1-13-17(22)7-4-8-18(13)25-20(26)19-12-16(9-10-23-19)24-15-6-3-5-14(11-15)21(27)28-2/h3-12H,1-2H3,(H,23,24)(H,25,26). The molecule has 0 saturated carbocycles. The van der Waals surface area contributed by atoms with Gasteiger partial charge in [-0.3, -0.25) is 9.78 Å². The quantitative estimate of drug-likeness (QED) is 0.605. The third-order valence-electron chi connectivity index (χ3n) is 4.08. The van der Waals surface area contributed by atoms with Gasteiger partial charge >= 0.3 is 5.97 Å². The second-order valence-electron chi connectivity index (χ2n) is 5.99. The number of esters is 1. The largest absolute Gasteiger partial charge is 0.465 e. The molecule has 1 heterocycles. The van der Waals surface area contributed by atoms with Crippen molar-refractivity contribution >= 4 is 40.5 Å². The summed E-state index contributed by atoms with van der Waals surface area (Å²) in [6.45, 7) is 1.83. The molecule has 0 spiro atoms. The van der Waals surface area contributed by atoms with Gasteiger partial charge in [0.05, 0.1) is 12.7 Å². The molecule has 0 bridgehead atoms. The van der Waals surface area contributed by atoms with E-state index in [1.165, 1.54) is 13.3 Å². The number of nitrogens with one attached hydrogen (secondary N) is 2. The summed E-state index contributed by atoms with van der Waals surface area (Å²) in [4.78, 5) is 28.4. The lowest BCUT2D eigenvalue weighted by molar-refractivity contribution is 0.0600. The van der Waals surface area contributed by atoms with Crippen molar-refractivity contribution in [3.63, 3.8) is 0 Å². The molecule has 2 aromatic carbocycles. The number of methoxy groups -OCH3 is 1. The summed E-state index contributed by atoms with van der Waals surface area (Å²) in [6.07, 6.45) is 1.53. The predicted molar refractivity (Wildman–Crippen MR) is 109 cm³/mol. The highest BCUT2D eigenvalue weighted by molar-refractivity contribution is 6.31. The van der Waals surface area contributed by atoms with Crippen molar-refractivity contribution in [1.29, 1.82) is 0 Å². The lowest BCUT2D eigenvalue weighted by Gasteiger charge is -2.11. The number of halogens is 1. The molecule has 0 fully saturated rings. The van der Waals surface area contributed by atoms with Gasteiger partial charge in [-0.1, -0.05) is 23.7 Å². The summed E-state index contributed by atoms with van der Waals surface area (Å²) in [5.74, 6) is -0.771. The Morgan fingerprint density at radius 1 is 1.04 bits per heavy atom. The van der Waals surface area contributed by atoms with Crippen LogP contribution in [0, 0.1) is 6.92 Å². The Kier molecular flexibility index (Phi) is 5.91. The molecule has 0 aliphatic rings. The van der Waals surface area contributed by atoms with E-state index in [-0.39, 0.29) is 11.6 Å². The summed E-state index contributed by atoms with van der Waals surface area (Å²) in [7, 11) is 1.33. The maximum absolute atomic E-state index is 12.6. The molecule has 1 aromatic heterocycles. The van der Waals surface area contributed by atoms with Crippen LogP contribution in [0.1, 0.15) is 26.4 Å². The first-order valence-electron chi connectivity index (χ1n) is 8.46. The average Bonchev–Trinajstić information content (AvgIpc) is 2.71. The van der Waals surface area contributed by atoms with Crippen molar-refractivity contribution in [3.05, 3.63) is 82.6 Å². The van der Waals surface area contributed by atoms with E-state index in [0.717, 1.165) is 5.56 Å². The third kappa shape index (κ3) is 4.47. The van der Waals surface area contributed by atoms with Crippen LogP contribution in [-0.2, 0) is 4.74 Å². The zero-order chi connectivity index (χ0) is 20.1. The van der Waals surface area contributed by atoms with Crippen LogP contribution < -0.4 is 10.6 Å². The van der Waals surface area contributed by atoms with Gasteiger partial charge in [0.25, 0.3) is 5.91 Å². The molecular formula is C21H18ClN3O3. The lowest BCUT2D eigenvalue weighted by atomic mass is 10.2. The number of nitrogens with zero attached hydrogens (tertiary/aromatic N) is 1. The average molecular weight is 396 g/mol. The van der Waals surface area contributed by atoms with E-state index in [9.17, 15) is 9.59 Å². The van der Waals surface area contributed by atoms with Crippen molar-refractivity contribution in [2.45, 2.75) is 6.92 Å². The fraction of sp³-hybridized carbons (Fsp3) is 0.0952. The molecule has 2 N–H and O–H groups in total. The maximum Gasteiger partial charge on any atom is 0.337 e. The summed E-state index contributed by atoms with van der Waals surface area (Å²) < 4.78 is 4.73. The highest BCUT2D eigenvalue weighted by Crippen LogP contribution is 2.24. The van der Waals surface area contributed by atoms with Gasteiger partial charge in [-0.25, -0.2) is 4.79 Å². The zero-order valence-corrected chi connectivity index (χ0v) is 16.1. The first-order chi connectivity index (χ1) is 13.5. The number of carbonyl (C=O) groups excluding carboxylic acids is 2. The minimum atomic E-state index is -0.421. The molecule has 0 radical (unpaired) electrons. The molecule has 1 amide bonds. The van der Waals surface area contributed by atoms with E-state index < -0.39 is 5.97 Å². The van der Waals surface area contributed by atoms with Gasteiger partial charge < -0.3 is 15.4 Å². The van der Waals surface area contributed by atoms with Crippen molar-refractivity contribution in [2.24, 2.45) is 0 Å². The Bertz CT molecular complexity index is 1040. The van der Waals surface area contributed by atoms with Crippen molar-refractivity contribution < 1.29 is 14.3 Å². The van der Waals surface area contributed by atoms with Crippen LogP contribution in [0.3, 0.4) is 0 Å². The molecule has 0 atom stereocenters. The van der Waals surface area contributed by atoms with Crippen molar-refractivity contribution in [3.8, 4) is 0 Å². The number of hydrogen-bond acceptors (Lipinski definition) is 5. The Hall–Kier alpha value is -3.38. The first-order valence-corrected chi connectivity index (χ1v) is 8.83. The topological polar surface area (TPSA) is 80.3 Å². The molecule has 0 aliphatic carbocycles. The van der Waals surface area contributed by atoms with Crippen LogP contribution >= 0.6 is 11.6 Å². The Labute approximate surface area is 167 Å². The lowest BCUT2D eigenvalue weighted by Crippen LogP contribution is -2.14. The molecule has 0 unspecified atom stereocenters. The Balaban J connectivity index is 1.78. The van der Waals surface area contributed by atoms with Gasteiger partial charge in [0.15, 0.2) is 0 Å². The van der Waals surface area contributed by atoms with Crippen LogP contribution in [0.25, 0.3) is 0 Å². The summed E-state index contributed by atoms with van der Waals surface area (Å²) >= 11 is 6.09. The maximum atomic E-state index is 12.6. The van der Waals surface area contributed by atoms with Gasteiger partial charge in [-0.15, -0.1) is 0 Å². The molecule has 6 nitrogen and oxygen atoms in total. The van der Waals surface area contributed by atoms with Gasteiger partial charge in [-0.2, -0.15) is 0 Å². The number of pyridine rings is 1.